The summed E-state index contributed by atoms with van der Waals surface area (Å²) in [5.41, 5.74) is 0. The predicted molar refractivity (Wildman–Crippen MR) is 39.4 cm³/mol. The zero-order valence-electron chi connectivity index (χ0n) is 6.97. The Hall–Kier alpha value is -0.740. The highest BCUT2D eigenvalue weighted by Gasteiger charge is 2.48. The van der Waals surface area contributed by atoms with Gasteiger partial charge in [-0.3, -0.25) is 0 Å². The van der Waals surface area contributed by atoms with Gasteiger partial charge in [0, 0.05) is 5.92 Å². The Morgan fingerprint density at radius 2 is 1.69 bits per heavy atom. The molecule has 1 saturated carbocycles. The maximum absolute atomic E-state index is 12.8. The van der Waals surface area contributed by atoms with Gasteiger partial charge in [-0.2, -0.15) is 8.78 Å². The van der Waals surface area contributed by atoms with Crippen LogP contribution in [0.15, 0.2) is 0 Å². The third-order valence-electron chi connectivity index (χ3n) is 2.45. The van der Waals surface area contributed by atoms with E-state index in [1.165, 1.54) is 0 Å². The lowest BCUT2D eigenvalue weighted by molar-refractivity contribution is -0.176. The first kappa shape index (κ1) is 10.3. The molecule has 5 heteroatoms. The first-order valence-electron chi connectivity index (χ1n) is 4.20. The highest BCUT2D eigenvalue weighted by molar-refractivity contribution is 5.75. The van der Waals surface area contributed by atoms with Crippen LogP contribution in [0.2, 0.25) is 0 Å². The van der Waals surface area contributed by atoms with E-state index in [2.05, 4.69) is 0 Å². The number of alkyl halides is 3. The lowest BCUT2D eigenvalue weighted by Crippen LogP contribution is -2.39. The summed E-state index contributed by atoms with van der Waals surface area (Å²) < 4.78 is 38.2. The second kappa shape index (κ2) is 3.55. The second-order valence-electron chi connectivity index (χ2n) is 3.38. The maximum Gasteiger partial charge on any atom is 0.374 e. The largest absolute Gasteiger partial charge is 0.477 e. The van der Waals surface area contributed by atoms with Gasteiger partial charge in [0.15, 0.2) is 0 Å². The minimum absolute atomic E-state index is 0.0412. The van der Waals surface area contributed by atoms with Crippen LogP contribution < -0.4 is 0 Å². The van der Waals surface area contributed by atoms with Crippen molar-refractivity contribution in [3.8, 4) is 0 Å². The Morgan fingerprint density at radius 3 is 2.08 bits per heavy atom. The van der Waals surface area contributed by atoms with Crippen LogP contribution in [0.3, 0.4) is 0 Å². The van der Waals surface area contributed by atoms with E-state index >= 15 is 0 Å². The number of hydrogen-bond acceptors (Lipinski definition) is 1. The number of carboxylic acid groups (broad SMARTS) is 1. The molecule has 1 aliphatic carbocycles. The monoisotopic (exact) mass is 196 g/mol. The molecule has 0 bridgehead atoms. The summed E-state index contributed by atoms with van der Waals surface area (Å²) in [4.78, 5) is 10.2. The third-order valence-corrected chi connectivity index (χ3v) is 2.45. The van der Waals surface area contributed by atoms with E-state index < -0.39 is 24.0 Å². The third kappa shape index (κ3) is 2.14. The summed E-state index contributed by atoms with van der Waals surface area (Å²) in [7, 11) is 0. The quantitative estimate of drug-likeness (QED) is 0.735. The van der Waals surface area contributed by atoms with Crippen LogP contribution >= 0.6 is 0 Å². The van der Waals surface area contributed by atoms with E-state index in [4.69, 9.17) is 5.11 Å². The summed E-state index contributed by atoms with van der Waals surface area (Å²) in [6.07, 6.45) is -1.03. The van der Waals surface area contributed by atoms with Gasteiger partial charge < -0.3 is 5.11 Å². The number of aliphatic carboxylic acids is 1. The molecule has 1 N–H and O–H groups in total. The Balaban J connectivity index is 2.58. The fourth-order valence-corrected chi connectivity index (χ4v) is 1.59. The minimum Gasteiger partial charge on any atom is -0.477 e. The average molecular weight is 196 g/mol. The van der Waals surface area contributed by atoms with Crippen LogP contribution in [0.25, 0.3) is 0 Å². The van der Waals surface area contributed by atoms with Gasteiger partial charge in [-0.05, 0) is 25.7 Å². The normalized spacial score (nSPS) is 30.1. The van der Waals surface area contributed by atoms with Gasteiger partial charge >= 0.3 is 11.9 Å². The van der Waals surface area contributed by atoms with E-state index in [0.29, 0.717) is 0 Å². The number of hydrogen-bond donors (Lipinski definition) is 1. The molecule has 0 aliphatic heterocycles. The van der Waals surface area contributed by atoms with Crippen LogP contribution in [0.4, 0.5) is 13.2 Å². The molecule has 13 heavy (non-hydrogen) atoms. The summed E-state index contributed by atoms with van der Waals surface area (Å²) in [6.45, 7) is 0. The van der Waals surface area contributed by atoms with E-state index in [9.17, 15) is 18.0 Å². The molecule has 0 unspecified atom stereocenters. The standard InChI is InChI=1S/C8H11F3O2/c9-6-3-1-5(2-4-6)8(10,11)7(12)13/h5-6H,1-4H2,(H,12,13). The fraction of sp³-hybridized carbons (Fsp3) is 0.875. The molecule has 1 fully saturated rings. The predicted octanol–water partition coefficient (Wildman–Crippen LogP) is 2.23. The summed E-state index contributed by atoms with van der Waals surface area (Å²) in [6, 6.07) is 0. The Morgan fingerprint density at radius 1 is 1.23 bits per heavy atom. The van der Waals surface area contributed by atoms with Crippen LogP contribution in [0.5, 0.6) is 0 Å². The zero-order valence-corrected chi connectivity index (χ0v) is 6.97. The van der Waals surface area contributed by atoms with E-state index in [1.807, 2.05) is 0 Å². The smallest absolute Gasteiger partial charge is 0.374 e. The number of carbonyl (C=O) groups is 1. The van der Waals surface area contributed by atoms with Crippen molar-refractivity contribution in [3.63, 3.8) is 0 Å². The molecule has 0 atom stereocenters. The van der Waals surface area contributed by atoms with Crippen LogP contribution in [0.1, 0.15) is 25.7 Å². The maximum atomic E-state index is 12.8. The van der Waals surface area contributed by atoms with Crippen molar-refractivity contribution >= 4 is 5.97 Å². The summed E-state index contributed by atoms with van der Waals surface area (Å²) in [5, 5.41) is 8.22. The molecule has 0 aromatic heterocycles. The number of halogens is 3. The van der Waals surface area contributed by atoms with Crippen molar-refractivity contribution in [1.82, 2.24) is 0 Å². The molecule has 2 nitrogen and oxygen atoms in total. The molecule has 0 aromatic rings. The lowest BCUT2D eigenvalue weighted by atomic mass is 9.84. The zero-order chi connectivity index (χ0) is 10.1. The first-order chi connectivity index (χ1) is 5.94. The van der Waals surface area contributed by atoms with E-state index in [-0.39, 0.29) is 25.7 Å². The molecule has 0 saturated heterocycles. The molecule has 0 amide bonds. The van der Waals surface area contributed by atoms with Crippen molar-refractivity contribution in [2.45, 2.75) is 37.8 Å². The van der Waals surface area contributed by atoms with Gasteiger partial charge in [0.1, 0.15) is 6.17 Å². The topological polar surface area (TPSA) is 37.3 Å². The molecule has 1 rings (SSSR count). The number of carboxylic acids is 1. The van der Waals surface area contributed by atoms with Crippen molar-refractivity contribution in [3.05, 3.63) is 0 Å². The highest BCUT2D eigenvalue weighted by atomic mass is 19.3. The number of rotatable bonds is 2. The Bertz CT molecular complexity index is 198. The molecule has 0 heterocycles. The van der Waals surface area contributed by atoms with Gasteiger partial charge in [-0.15, -0.1) is 0 Å². The Kier molecular flexibility index (Phi) is 2.83. The average Bonchev–Trinajstić information content (AvgIpc) is 2.04. The SMILES string of the molecule is O=C(O)C(F)(F)C1CCC(F)CC1. The van der Waals surface area contributed by atoms with Crippen molar-refractivity contribution in [2.24, 2.45) is 5.92 Å². The van der Waals surface area contributed by atoms with Gasteiger partial charge in [0.25, 0.3) is 0 Å². The highest BCUT2D eigenvalue weighted by Crippen LogP contribution is 2.37. The van der Waals surface area contributed by atoms with Crippen molar-refractivity contribution in [2.75, 3.05) is 0 Å². The first-order valence-corrected chi connectivity index (χ1v) is 4.20. The molecule has 0 aromatic carbocycles. The molecular formula is C8H11F3O2. The second-order valence-corrected chi connectivity index (χ2v) is 3.38. The van der Waals surface area contributed by atoms with Gasteiger partial charge in [0.2, 0.25) is 0 Å². The lowest BCUT2D eigenvalue weighted by Gasteiger charge is -2.28. The summed E-state index contributed by atoms with van der Waals surface area (Å²) >= 11 is 0. The molecule has 76 valence electrons. The van der Waals surface area contributed by atoms with Crippen molar-refractivity contribution < 1.29 is 23.1 Å². The molecular weight excluding hydrogens is 185 g/mol. The van der Waals surface area contributed by atoms with Gasteiger partial charge in [-0.1, -0.05) is 0 Å². The van der Waals surface area contributed by atoms with Crippen molar-refractivity contribution in [1.29, 1.82) is 0 Å². The molecule has 0 spiro atoms. The van der Waals surface area contributed by atoms with E-state index in [0.717, 1.165) is 0 Å². The van der Waals surface area contributed by atoms with Crippen LogP contribution in [-0.4, -0.2) is 23.2 Å². The molecule has 0 radical (unpaired) electrons. The van der Waals surface area contributed by atoms with E-state index in [1.54, 1.807) is 0 Å². The van der Waals surface area contributed by atoms with Gasteiger partial charge in [0.05, 0.1) is 0 Å². The van der Waals surface area contributed by atoms with Crippen LogP contribution in [0, 0.1) is 5.92 Å². The minimum atomic E-state index is -3.69. The Labute approximate surface area is 73.7 Å². The van der Waals surface area contributed by atoms with Gasteiger partial charge in [-0.25, -0.2) is 9.18 Å². The summed E-state index contributed by atoms with van der Waals surface area (Å²) in [5.74, 6) is -6.99. The fourth-order valence-electron chi connectivity index (χ4n) is 1.59. The van der Waals surface area contributed by atoms with Crippen LogP contribution in [-0.2, 0) is 4.79 Å². The molecule has 1 aliphatic rings.